The summed E-state index contributed by atoms with van der Waals surface area (Å²) >= 11 is 0. The van der Waals surface area contributed by atoms with Crippen LogP contribution in [0.25, 0.3) is 33.3 Å². The van der Waals surface area contributed by atoms with Crippen molar-refractivity contribution in [2.24, 2.45) is 0 Å². The fraction of sp³-hybridized carbons (Fsp3) is 0.167. The molecule has 4 nitrogen and oxygen atoms in total. The molecule has 3 aromatic carbocycles. The molecule has 0 atom stereocenters. The highest BCUT2D eigenvalue weighted by Crippen LogP contribution is 2.33. The minimum Gasteiger partial charge on any atom is -0.478 e. The largest absolute Gasteiger partial charge is 0.510 e. The number of nitrogens with one attached hydrogen (secondary N) is 1. The number of aromatic carboxylic acids is 1. The number of H-pyrrole nitrogens is 1. The fourth-order valence-corrected chi connectivity index (χ4v) is 4.12. The molecule has 0 radical (unpaired) electrons. The van der Waals surface area contributed by atoms with Crippen LogP contribution in [0.4, 0.5) is 12.9 Å². The lowest BCUT2D eigenvalue weighted by atomic mass is 9.73. The van der Waals surface area contributed by atoms with Crippen LogP contribution < -0.4 is 5.46 Å². The van der Waals surface area contributed by atoms with Crippen LogP contribution in [0.2, 0.25) is 0 Å². The van der Waals surface area contributed by atoms with Crippen LogP contribution in [-0.4, -0.2) is 28.0 Å². The van der Waals surface area contributed by atoms with E-state index < -0.39 is 18.4 Å². The minimum atomic E-state index is -5.26. The Labute approximate surface area is 183 Å². The molecule has 0 unspecified atom stereocenters. The molecule has 4 rings (SSSR count). The zero-order valence-corrected chi connectivity index (χ0v) is 17.6. The van der Waals surface area contributed by atoms with Gasteiger partial charge in [-0.3, -0.25) is 0 Å². The van der Waals surface area contributed by atoms with Gasteiger partial charge in [-0.2, -0.15) is 0 Å². The van der Waals surface area contributed by atoms with Gasteiger partial charge in [-0.25, -0.2) is 9.78 Å². The second-order valence-corrected chi connectivity index (χ2v) is 7.80. The molecule has 0 saturated heterocycles. The molecule has 8 heteroatoms. The number of hydrogen-bond donors (Lipinski definition) is 2. The van der Waals surface area contributed by atoms with Crippen molar-refractivity contribution < 1.29 is 22.8 Å². The Balaban J connectivity index is 1.88. The topological polar surface area (TPSA) is 66.0 Å². The fourth-order valence-electron chi connectivity index (χ4n) is 4.12. The second kappa shape index (κ2) is 8.18. The lowest BCUT2D eigenvalue weighted by molar-refractivity contribution is 0.0697. The number of carbonyl (C=O) groups is 1. The smallest absolute Gasteiger partial charge is 0.478 e. The third-order valence-corrected chi connectivity index (χ3v) is 5.58. The Morgan fingerprint density at radius 3 is 2.34 bits per heavy atom. The number of halogens is 3. The van der Waals surface area contributed by atoms with E-state index in [9.17, 15) is 22.8 Å². The summed E-state index contributed by atoms with van der Waals surface area (Å²) in [5.74, 6) is -0.390. The maximum absolute atomic E-state index is 14.0. The molecule has 32 heavy (non-hydrogen) atoms. The van der Waals surface area contributed by atoms with Gasteiger partial charge in [0.25, 0.3) is 0 Å². The van der Waals surface area contributed by atoms with E-state index in [0.717, 1.165) is 12.5 Å². The molecule has 0 bridgehead atoms. The summed E-state index contributed by atoms with van der Waals surface area (Å²) in [7, 11) is 0. The number of carboxylic acid groups (broad SMARTS) is 1. The number of fused-ring (bicyclic) bond motifs is 1. The number of hydrogen-bond acceptors (Lipinski definition) is 2. The van der Waals surface area contributed by atoms with E-state index in [2.05, 4.69) is 9.97 Å². The van der Waals surface area contributed by atoms with Crippen LogP contribution in [0, 0.1) is 6.92 Å². The van der Waals surface area contributed by atoms with E-state index in [0.29, 0.717) is 45.5 Å². The van der Waals surface area contributed by atoms with Gasteiger partial charge in [-0.1, -0.05) is 60.9 Å². The normalized spacial score (nSPS) is 11.8. The maximum Gasteiger partial charge on any atom is 0.510 e. The number of aromatic nitrogens is 2. The lowest BCUT2D eigenvalue weighted by Crippen LogP contribution is -2.36. The summed E-state index contributed by atoms with van der Waals surface area (Å²) in [6, 6.07) is 14.2. The third-order valence-electron chi connectivity index (χ3n) is 5.58. The quantitative estimate of drug-likeness (QED) is 0.369. The Bertz CT molecular complexity index is 1310. The molecular weight excluding hydrogens is 416 g/mol. The van der Waals surface area contributed by atoms with E-state index in [1.165, 1.54) is 6.07 Å². The van der Waals surface area contributed by atoms with Crippen LogP contribution in [0.15, 0.2) is 54.6 Å². The zero-order valence-electron chi connectivity index (χ0n) is 17.6. The Morgan fingerprint density at radius 2 is 1.72 bits per heavy atom. The average Bonchev–Trinajstić information content (AvgIpc) is 3.17. The summed E-state index contributed by atoms with van der Waals surface area (Å²) in [5, 5.41) is 9.43. The number of imidazole rings is 1. The van der Waals surface area contributed by atoms with Gasteiger partial charge in [0.2, 0.25) is 0 Å². The second-order valence-electron chi connectivity index (χ2n) is 7.80. The van der Waals surface area contributed by atoms with Crippen molar-refractivity contribution in [2.45, 2.75) is 26.7 Å². The highest BCUT2D eigenvalue weighted by Gasteiger charge is 2.31. The van der Waals surface area contributed by atoms with Gasteiger partial charge in [0.05, 0.1) is 16.6 Å². The van der Waals surface area contributed by atoms with Crippen molar-refractivity contribution in [3.63, 3.8) is 0 Å². The van der Waals surface area contributed by atoms with E-state index in [1.54, 1.807) is 49.4 Å². The average molecular weight is 437 g/mol. The van der Waals surface area contributed by atoms with Gasteiger partial charge in [0, 0.05) is 6.42 Å². The van der Waals surface area contributed by atoms with Gasteiger partial charge in [0.15, 0.2) is 0 Å². The number of carboxylic acids is 1. The summed E-state index contributed by atoms with van der Waals surface area (Å²) in [6.45, 7) is -1.62. The van der Waals surface area contributed by atoms with Crippen molar-refractivity contribution >= 4 is 29.4 Å². The molecule has 0 saturated carbocycles. The number of benzene rings is 3. The summed E-state index contributed by atoms with van der Waals surface area (Å²) in [4.78, 5) is 19.1. The zero-order chi connectivity index (χ0) is 23.0. The first-order chi connectivity index (χ1) is 15.2. The van der Waals surface area contributed by atoms with Crippen LogP contribution in [0.3, 0.4) is 0 Å². The van der Waals surface area contributed by atoms with E-state index in [4.69, 9.17) is 0 Å². The molecule has 0 aliphatic carbocycles. The van der Waals surface area contributed by atoms with Crippen molar-refractivity contribution in [1.82, 2.24) is 9.97 Å². The Kier molecular flexibility index (Phi) is 5.54. The summed E-state index contributed by atoms with van der Waals surface area (Å²) in [6.07, 6.45) is 1.49. The van der Waals surface area contributed by atoms with Crippen LogP contribution in [-0.2, 0) is 6.42 Å². The van der Waals surface area contributed by atoms with Crippen LogP contribution >= 0.6 is 0 Å². The van der Waals surface area contributed by atoms with Crippen LogP contribution in [0.1, 0.15) is 35.1 Å². The first-order valence-corrected chi connectivity index (χ1v) is 10.4. The molecule has 0 aliphatic heterocycles. The number of aromatic amines is 1. The first-order valence-electron chi connectivity index (χ1n) is 10.4. The van der Waals surface area contributed by atoms with Gasteiger partial charge in [-0.15, -0.1) is 0 Å². The standard InChI is InChI=1S/C24H21BF3N2O2/c1-3-6-21-29-20-13-19(25(26,27)28)22(14(2)23(20)30-21)16-11-9-15(10-12-16)17-7-4-5-8-18(17)24(31)32/h4-5,7-13H,3,6H2,1-2H3,(H,29,30)(H,31,32)/q-1. The SMILES string of the molecule is CCCc1nc2c(C)c(-c3ccc(-c4ccccc4C(=O)O)cc3)c([B-](F)(F)F)cc2[nH]1. The summed E-state index contributed by atoms with van der Waals surface area (Å²) < 4.78 is 42.1. The molecular formula is C24H21BF3N2O2-. The van der Waals surface area contributed by atoms with Crippen molar-refractivity contribution in [2.75, 3.05) is 0 Å². The van der Waals surface area contributed by atoms with E-state index >= 15 is 0 Å². The highest BCUT2D eigenvalue weighted by molar-refractivity contribution is 6.75. The molecule has 0 amide bonds. The molecule has 0 fully saturated rings. The molecule has 1 heterocycles. The van der Waals surface area contributed by atoms with Gasteiger partial charge < -0.3 is 23.0 Å². The molecule has 4 aromatic rings. The minimum absolute atomic E-state index is 0.109. The molecule has 0 spiro atoms. The van der Waals surface area contributed by atoms with Crippen molar-refractivity contribution in [3.8, 4) is 22.3 Å². The van der Waals surface area contributed by atoms with Crippen molar-refractivity contribution in [1.29, 1.82) is 0 Å². The molecule has 164 valence electrons. The highest BCUT2D eigenvalue weighted by atomic mass is 19.4. The van der Waals surface area contributed by atoms with Crippen molar-refractivity contribution in [3.05, 3.63) is 71.5 Å². The van der Waals surface area contributed by atoms with E-state index in [1.807, 2.05) is 6.92 Å². The Hall–Kier alpha value is -3.55. The van der Waals surface area contributed by atoms with Gasteiger partial charge >= 0.3 is 12.9 Å². The molecule has 1 aromatic heterocycles. The Morgan fingerprint density at radius 1 is 1.06 bits per heavy atom. The van der Waals surface area contributed by atoms with Gasteiger partial charge in [0.1, 0.15) is 5.82 Å². The predicted molar refractivity (Wildman–Crippen MR) is 121 cm³/mol. The maximum atomic E-state index is 14.0. The molecule has 0 aliphatic rings. The monoisotopic (exact) mass is 437 g/mol. The van der Waals surface area contributed by atoms with E-state index in [-0.39, 0.29) is 11.1 Å². The molecule has 2 N–H and O–H groups in total. The lowest BCUT2D eigenvalue weighted by Gasteiger charge is -2.22. The number of aryl methyl sites for hydroxylation is 2. The summed E-state index contributed by atoms with van der Waals surface area (Å²) in [5.41, 5.74) is 2.51. The van der Waals surface area contributed by atoms with Crippen LogP contribution in [0.5, 0.6) is 0 Å². The predicted octanol–water partition coefficient (Wildman–Crippen LogP) is 5.91. The number of rotatable bonds is 6. The third kappa shape index (κ3) is 3.88. The number of nitrogens with zero attached hydrogens (tertiary/aromatic N) is 1. The first kappa shape index (κ1) is 21.7. The van der Waals surface area contributed by atoms with Gasteiger partial charge in [-0.05, 0) is 47.2 Å².